The quantitative estimate of drug-likeness (QED) is 0.782. The van der Waals surface area contributed by atoms with Gasteiger partial charge in [0, 0.05) is 26.2 Å². The first-order chi connectivity index (χ1) is 10.0. The molecule has 1 saturated heterocycles. The maximum Gasteiger partial charge on any atom is 0.360 e. The third kappa shape index (κ3) is 3.52. The summed E-state index contributed by atoms with van der Waals surface area (Å²) in [5.41, 5.74) is 0.146. The number of piperazine rings is 1. The monoisotopic (exact) mass is 297 g/mol. The van der Waals surface area contributed by atoms with E-state index in [-0.39, 0.29) is 12.3 Å². The van der Waals surface area contributed by atoms with Crippen molar-refractivity contribution in [1.29, 1.82) is 0 Å². The van der Waals surface area contributed by atoms with Crippen molar-refractivity contribution >= 4 is 18.0 Å². The van der Waals surface area contributed by atoms with E-state index in [0.29, 0.717) is 32.2 Å². The Labute approximate surface area is 122 Å². The molecule has 2 rings (SSSR count). The number of hydrogen-bond acceptors (Lipinski definition) is 7. The molecular formula is C13H19N3O5. The molecule has 1 fully saturated rings. The molecule has 2 heterocycles. The second-order valence-corrected chi connectivity index (χ2v) is 4.77. The van der Waals surface area contributed by atoms with Gasteiger partial charge in [-0.3, -0.25) is 9.69 Å². The highest BCUT2D eigenvalue weighted by Gasteiger charge is 2.27. The van der Waals surface area contributed by atoms with E-state index in [9.17, 15) is 9.59 Å². The van der Waals surface area contributed by atoms with Crippen LogP contribution in [0.4, 0.5) is 6.01 Å². The van der Waals surface area contributed by atoms with Crippen molar-refractivity contribution in [2.75, 3.05) is 37.7 Å². The van der Waals surface area contributed by atoms with Gasteiger partial charge in [0.05, 0.1) is 6.61 Å². The summed E-state index contributed by atoms with van der Waals surface area (Å²) < 4.78 is 10.1. The van der Waals surface area contributed by atoms with Gasteiger partial charge in [0.25, 0.3) is 6.01 Å². The molecule has 0 aromatic carbocycles. The summed E-state index contributed by atoms with van der Waals surface area (Å²) in [5, 5.41) is 8.99. The Balaban J connectivity index is 1.93. The molecule has 0 aliphatic carbocycles. The van der Waals surface area contributed by atoms with Gasteiger partial charge < -0.3 is 19.2 Å². The lowest BCUT2D eigenvalue weighted by Gasteiger charge is -2.35. The fourth-order valence-electron chi connectivity index (χ4n) is 2.16. The van der Waals surface area contributed by atoms with Crippen LogP contribution in [0.3, 0.4) is 0 Å². The van der Waals surface area contributed by atoms with Crippen LogP contribution in [0.15, 0.2) is 10.7 Å². The number of carbonyl (C=O) groups is 2. The van der Waals surface area contributed by atoms with Gasteiger partial charge in [-0.1, -0.05) is 0 Å². The van der Waals surface area contributed by atoms with E-state index in [1.54, 1.807) is 13.8 Å². The standard InChI is InChI=1S/C13H19N3O5/c1-3-20-12(19)10-8-21-13(14-10)16-6-4-15(5-7-16)9(2)11(17)18/h8-9H,3-7H2,1-2H3,(H,17,18). The number of anilines is 1. The van der Waals surface area contributed by atoms with Gasteiger partial charge in [0.1, 0.15) is 12.3 Å². The van der Waals surface area contributed by atoms with E-state index in [1.807, 2.05) is 9.80 Å². The lowest BCUT2D eigenvalue weighted by Crippen LogP contribution is -2.51. The van der Waals surface area contributed by atoms with Gasteiger partial charge in [-0.2, -0.15) is 4.98 Å². The summed E-state index contributed by atoms with van der Waals surface area (Å²) in [6, 6.07) is -0.146. The second-order valence-electron chi connectivity index (χ2n) is 4.77. The predicted octanol–water partition coefficient (Wildman–Crippen LogP) is 0.446. The fraction of sp³-hybridized carbons (Fsp3) is 0.615. The minimum absolute atomic E-state index is 0.146. The molecule has 1 aliphatic rings. The third-order valence-electron chi connectivity index (χ3n) is 3.47. The average Bonchev–Trinajstić information content (AvgIpc) is 2.96. The van der Waals surface area contributed by atoms with E-state index >= 15 is 0 Å². The van der Waals surface area contributed by atoms with Gasteiger partial charge in [0.15, 0.2) is 5.69 Å². The van der Waals surface area contributed by atoms with Crippen LogP contribution in [0.1, 0.15) is 24.3 Å². The Bertz CT molecular complexity index is 508. The predicted molar refractivity (Wildman–Crippen MR) is 73.3 cm³/mol. The SMILES string of the molecule is CCOC(=O)c1coc(N2CCN(C(C)C(=O)O)CC2)n1. The van der Waals surface area contributed by atoms with Crippen LogP contribution in [-0.4, -0.2) is 65.8 Å². The van der Waals surface area contributed by atoms with Gasteiger partial charge in [-0.25, -0.2) is 4.79 Å². The highest BCUT2D eigenvalue weighted by atomic mass is 16.5. The molecule has 0 radical (unpaired) electrons. The number of rotatable bonds is 5. The molecule has 116 valence electrons. The maximum absolute atomic E-state index is 11.5. The lowest BCUT2D eigenvalue weighted by molar-refractivity contribution is -0.142. The van der Waals surface area contributed by atoms with E-state index in [0.717, 1.165) is 0 Å². The van der Waals surface area contributed by atoms with Crippen LogP contribution in [0.5, 0.6) is 0 Å². The summed E-state index contributed by atoms with van der Waals surface area (Å²) in [7, 11) is 0. The minimum atomic E-state index is -0.829. The number of aliphatic carboxylic acids is 1. The first-order valence-corrected chi connectivity index (χ1v) is 6.87. The molecule has 1 aliphatic heterocycles. The number of nitrogens with zero attached hydrogens (tertiary/aromatic N) is 3. The maximum atomic E-state index is 11.5. The van der Waals surface area contributed by atoms with Crippen LogP contribution in [0.2, 0.25) is 0 Å². The van der Waals surface area contributed by atoms with Crippen molar-refractivity contribution in [3.63, 3.8) is 0 Å². The molecule has 0 saturated carbocycles. The molecule has 1 aromatic rings. The number of aromatic nitrogens is 1. The van der Waals surface area contributed by atoms with Crippen LogP contribution in [0.25, 0.3) is 0 Å². The molecule has 0 spiro atoms. The highest BCUT2D eigenvalue weighted by Crippen LogP contribution is 2.17. The zero-order chi connectivity index (χ0) is 15.4. The first-order valence-electron chi connectivity index (χ1n) is 6.87. The molecule has 0 bridgehead atoms. The average molecular weight is 297 g/mol. The lowest BCUT2D eigenvalue weighted by atomic mass is 10.2. The van der Waals surface area contributed by atoms with Gasteiger partial charge in [-0.05, 0) is 13.8 Å². The Hall–Kier alpha value is -2.09. The number of carbonyl (C=O) groups excluding carboxylic acids is 1. The summed E-state index contributed by atoms with van der Waals surface area (Å²) in [5.74, 6) is -1.34. The fourth-order valence-corrected chi connectivity index (χ4v) is 2.16. The minimum Gasteiger partial charge on any atom is -0.480 e. The summed E-state index contributed by atoms with van der Waals surface area (Å²) in [6.45, 7) is 6.08. The number of oxazole rings is 1. The van der Waals surface area contributed by atoms with Crippen molar-refractivity contribution in [3.05, 3.63) is 12.0 Å². The van der Waals surface area contributed by atoms with Gasteiger partial charge >= 0.3 is 11.9 Å². The summed E-state index contributed by atoms with van der Waals surface area (Å²) in [6.07, 6.45) is 1.28. The van der Waals surface area contributed by atoms with Crippen LogP contribution in [-0.2, 0) is 9.53 Å². The van der Waals surface area contributed by atoms with Crippen LogP contribution in [0, 0.1) is 0 Å². The Morgan fingerprint density at radius 1 is 1.43 bits per heavy atom. The van der Waals surface area contributed by atoms with Gasteiger partial charge in [-0.15, -0.1) is 0 Å². The first kappa shape index (κ1) is 15.3. The van der Waals surface area contributed by atoms with E-state index in [4.69, 9.17) is 14.3 Å². The third-order valence-corrected chi connectivity index (χ3v) is 3.47. The number of ether oxygens (including phenoxy) is 1. The van der Waals surface area contributed by atoms with Crippen molar-refractivity contribution in [1.82, 2.24) is 9.88 Å². The van der Waals surface area contributed by atoms with Crippen molar-refractivity contribution in [3.8, 4) is 0 Å². The zero-order valence-electron chi connectivity index (χ0n) is 12.1. The number of carboxylic acid groups (broad SMARTS) is 1. The Morgan fingerprint density at radius 2 is 2.10 bits per heavy atom. The normalized spacial score (nSPS) is 17.5. The number of hydrogen-bond donors (Lipinski definition) is 1. The van der Waals surface area contributed by atoms with Gasteiger partial charge in [0.2, 0.25) is 0 Å². The van der Waals surface area contributed by atoms with Crippen molar-refractivity contribution < 1.29 is 23.8 Å². The second kappa shape index (κ2) is 6.57. The van der Waals surface area contributed by atoms with Crippen LogP contribution >= 0.6 is 0 Å². The molecule has 1 unspecified atom stereocenters. The van der Waals surface area contributed by atoms with E-state index < -0.39 is 18.0 Å². The smallest absolute Gasteiger partial charge is 0.360 e. The number of esters is 1. The van der Waals surface area contributed by atoms with Crippen molar-refractivity contribution in [2.24, 2.45) is 0 Å². The molecule has 1 N–H and O–H groups in total. The summed E-state index contributed by atoms with van der Waals surface area (Å²) in [4.78, 5) is 30.3. The molecule has 8 nitrogen and oxygen atoms in total. The van der Waals surface area contributed by atoms with Crippen molar-refractivity contribution in [2.45, 2.75) is 19.9 Å². The largest absolute Gasteiger partial charge is 0.480 e. The molecular weight excluding hydrogens is 278 g/mol. The summed E-state index contributed by atoms with van der Waals surface area (Å²) >= 11 is 0. The Kier molecular flexibility index (Phi) is 4.79. The zero-order valence-corrected chi connectivity index (χ0v) is 12.1. The molecule has 0 amide bonds. The molecule has 1 aromatic heterocycles. The molecule has 1 atom stereocenters. The molecule has 8 heteroatoms. The highest BCUT2D eigenvalue weighted by molar-refractivity contribution is 5.87. The Morgan fingerprint density at radius 3 is 2.67 bits per heavy atom. The van der Waals surface area contributed by atoms with Crippen LogP contribution < -0.4 is 4.90 Å². The van der Waals surface area contributed by atoms with E-state index in [1.165, 1.54) is 6.26 Å². The van der Waals surface area contributed by atoms with E-state index in [2.05, 4.69) is 4.98 Å². The topological polar surface area (TPSA) is 96.1 Å². The number of carboxylic acids is 1. The molecule has 21 heavy (non-hydrogen) atoms.